The quantitative estimate of drug-likeness (QED) is 0.488. The SMILES string of the molecule is O=C([O-])Cc1coc2cc(OCc3cccc(Oc4ccccc4)c3)ccc12. The molecule has 0 aliphatic rings. The standard InChI is InChI=1S/C23H18O5/c24-23(25)12-17-15-27-22-13-19(9-10-21(17)22)26-14-16-5-4-8-20(11-16)28-18-6-2-1-3-7-18/h1-11,13,15H,12,14H2,(H,24,25)/p-1. The smallest absolute Gasteiger partial charge is 0.137 e. The fraction of sp³-hybridized carbons (Fsp3) is 0.0870. The summed E-state index contributed by atoms with van der Waals surface area (Å²) in [5.41, 5.74) is 2.13. The van der Waals surface area contributed by atoms with E-state index < -0.39 is 5.97 Å². The molecule has 3 aromatic carbocycles. The lowest BCUT2D eigenvalue weighted by Crippen LogP contribution is -2.24. The lowest BCUT2D eigenvalue weighted by Gasteiger charge is -2.09. The van der Waals surface area contributed by atoms with Crippen molar-refractivity contribution in [1.82, 2.24) is 0 Å². The van der Waals surface area contributed by atoms with E-state index in [-0.39, 0.29) is 6.42 Å². The second-order valence-corrected chi connectivity index (χ2v) is 6.32. The minimum absolute atomic E-state index is 0.179. The van der Waals surface area contributed by atoms with Gasteiger partial charge in [0, 0.05) is 29.4 Å². The molecule has 5 heteroatoms. The molecular weight excluding hydrogens is 356 g/mol. The molecule has 0 aliphatic heterocycles. The lowest BCUT2D eigenvalue weighted by molar-refractivity contribution is -0.304. The van der Waals surface area contributed by atoms with Crippen molar-refractivity contribution in [1.29, 1.82) is 0 Å². The summed E-state index contributed by atoms with van der Waals surface area (Å²) in [6.07, 6.45) is 1.26. The number of aliphatic carboxylic acids is 1. The van der Waals surface area contributed by atoms with E-state index in [1.54, 1.807) is 18.2 Å². The van der Waals surface area contributed by atoms with Gasteiger partial charge in [0.2, 0.25) is 0 Å². The van der Waals surface area contributed by atoms with E-state index in [2.05, 4.69) is 0 Å². The zero-order valence-corrected chi connectivity index (χ0v) is 15.0. The van der Waals surface area contributed by atoms with Crippen molar-refractivity contribution in [2.45, 2.75) is 13.0 Å². The minimum atomic E-state index is -1.14. The predicted molar refractivity (Wildman–Crippen MR) is 102 cm³/mol. The van der Waals surface area contributed by atoms with Crippen LogP contribution in [0.1, 0.15) is 11.1 Å². The van der Waals surface area contributed by atoms with Crippen LogP contribution in [-0.4, -0.2) is 5.97 Å². The molecule has 4 aromatic rings. The number of carbonyl (C=O) groups is 1. The maximum absolute atomic E-state index is 10.8. The number of ether oxygens (including phenoxy) is 2. The molecule has 1 aromatic heterocycles. The van der Waals surface area contributed by atoms with E-state index in [1.165, 1.54) is 6.26 Å². The van der Waals surface area contributed by atoms with Gasteiger partial charge < -0.3 is 23.8 Å². The minimum Gasteiger partial charge on any atom is -0.550 e. The molecule has 0 spiro atoms. The highest BCUT2D eigenvalue weighted by atomic mass is 16.5. The molecule has 0 saturated heterocycles. The summed E-state index contributed by atoms with van der Waals surface area (Å²) in [4.78, 5) is 10.8. The third-order valence-electron chi connectivity index (χ3n) is 4.24. The van der Waals surface area contributed by atoms with Gasteiger partial charge in [0.15, 0.2) is 0 Å². The van der Waals surface area contributed by atoms with Crippen LogP contribution in [0.25, 0.3) is 11.0 Å². The zero-order chi connectivity index (χ0) is 19.3. The fourth-order valence-corrected chi connectivity index (χ4v) is 2.94. The van der Waals surface area contributed by atoms with E-state index in [0.29, 0.717) is 23.5 Å². The van der Waals surface area contributed by atoms with Gasteiger partial charge in [-0.2, -0.15) is 0 Å². The number of hydrogen-bond donors (Lipinski definition) is 0. The van der Waals surface area contributed by atoms with Gasteiger partial charge in [-0.1, -0.05) is 30.3 Å². The fourth-order valence-electron chi connectivity index (χ4n) is 2.94. The molecule has 0 amide bonds. The van der Waals surface area contributed by atoms with Crippen molar-refractivity contribution in [3.63, 3.8) is 0 Å². The maximum atomic E-state index is 10.8. The van der Waals surface area contributed by atoms with Crippen molar-refractivity contribution in [3.05, 3.63) is 90.2 Å². The first-order valence-electron chi connectivity index (χ1n) is 8.82. The third kappa shape index (κ3) is 4.15. The number of fused-ring (bicyclic) bond motifs is 1. The van der Waals surface area contributed by atoms with Gasteiger partial charge in [-0.15, -0.1) is 0 Å². The summed E-state index contributed by atoms with van der Waals surface area (Å²) < 4.78 is 17.1. The summed E-state index contributed by atoms with van der Waals surface area (Å²) >= 11 is 0. The summed E-state index contributed by atoms with van der Waals surface area (Å²) in [5, 5.41) is 11.5. The Morgan fingerprint density at radius 2 is 1.71 bits per heavy atom. The number of para-hydroxylation sites is 1. The number of rotatable bonds is 7. The molecule has 4 rings (SSSR count). The van der Waals surface area contributed by atoms with E-state index >= 15 is 0 Å². The molecule has 1 heterocycles. The van der Waals surface area contributed by atoms with Crippen LogP contribution in [0.2, 0.25) is 0 Å². The molecule has 0 saturated carbocycles. The zero-order valence-electron chi connectivity index (χ0n) is 15.0. The van der Waals surface area contributed by atoms with Crippen LogP contribution >= 0.6 is 0 Å². The van der Waals surface area contributed by atoms with Gasteiger partial charge in [0.25, 0.3) is 0 Å². The Labute approximate surface area is 161 Å². The summed E-state index contributed by atoms with van der Waals surface area (Å²) in [6.45, 7) is 0.365. The van der Waals surface area contributed by atoms with Crippen LogP contribution in [0.15, 0.2) is 83.5 Å². The lowest BCUT2D eigenvalue weighted by atomic mass is 10.1. The Hall–Kier alpha value is -3.73. The second-order valence-electron chi connectivity index (χ2n) is 6.32. The highest BCUT2D eigenvalue weighted by molar-refractivity contribution is 5.85. The topological polar surface area (TPSA) is 71.7 Å². The average Bonchev–Trinajstić information content (AvgIpc) is 3.09. The van der Waals surface area contributed by atoms with E-state index in [1.807, 2.05) is 54.6 Å². The monoisotopic (exact) mass is 373 g/mol. The molecular formula is C23H17O5-. The van der Waals surface area contributed by atoms with Crippen LogP contribution in [0, 0.1) is 0 Å². The van der Waals surface area contributed by atoms with Crippen molar-refractivity contribution >= 4 is 16.9 Å². The Balaban J connectivity index is 1.44. The Kier molecular flexibility index (Phi) is 4.97. The summed E-state index contributed by atoms with van der Waals surface area (Å²) in [7, 11) is 0. The van der Waals surface area contributed by atoms with Crippen molar-refractivity contribution < 1.29 is 23.8 Å². The highest BCUT2D eigenvalue weighted by Crippen LogP contribution is 2.27. The van der Waals surface area contributed by atoms with Gasteiger partial charge in [0.05, 0.1) is 6.26 Å². The van der Waals surface area contributed by atoms with Gasteiger partial charge >= 0.3 is 0 Å². The van der Waals surface area contributed by atoms with Gasteiger partial charge in [0.1, 0.15) is 29.4 Å². The first-order chi connectivity index (χ1) is 13.7. The first kappa shape index (κ1) is 17.7. The molecule has 0 radical (unpaired) electrons. The second kappa shape index (κ2) is 7.88. The van der Waals surface area contributed by atoms with Crippen molar-refractivity contribution in [2.75, 3.05) is 0 Å². The molecule has 0 N–H and O–H groups in total. The molecule has 0 fully saturated rings. The molecule has 5 nitrogen and oxygen atoms in total. The number of carboxylic acids is 1. The van der Waals surface area contributed by atoms with E-state index in [9.17, 15) is 9.90 Å². The largest absolute Gasteiger partial charge is 0.550 e. The summed E-state index contributed by atoms with van der Waals surface area (Å²) in [5.74, 6) is 1.01. The van der Waals surface area contributed by atoms with Gasteiger partial charge in [-0.05, 0) is 42.0 Å². The number of hydrogen-bond acceptors (Lipinski definition) is 5. The predicted octanol–water partition coefficient (Wildman–Crippen LogP) is 4.10. The molecule has 140 valence electrons. The van der Waals surface area contributed by atoms with Crippen LogP contribution in [-0.2, 0) is 17.8 Å². The molecule has 28 heavy (non-hydrogen) atoms. The number of benzene rings is 3. The van der Waals surface area contributed by atoms with E-state index in [0.717, 1.165) is 22.4 Å². The number of carbonyl (C=O) groups excluding carboxylic acids is 1. The van der Waals surface area contributed by atoms with Crippen molar-refractivity contribution in [2.24, 2.45) is 0 Å². The number of carboxylic acid groups (broad SMARTS) is 1. The molecule has 0 aliphatic carbocycles. The maximum Gasteiger partial charge on any atom is 0.137 e. The van der Waals surface area contributed by atoms with Crippen LogP contribution < -0.4 is 14.6 Å². The Morgan fingerprint density at radius 3 is 2.54 bits per heavy atom. The average molecular weight is 373 g/mol. The van der Waals surface area contributed by atoms with Crippen LogP contribution in [0.5, 0.6) is 17.2 Å². The van der Waals surface area contributed by atoms with Gasteiger partial charge in [-0.3, -0.25) is 0 Å². The van der Waals surface area contributed by atoms with Crippen LogP contribution in [0.4, 0.5) is 0 Å². The molecule has 0 unspecified atom stereocenters. The van der Waals surface area contributed by atoms with Crippen molar-refractivity contribution in [3.8, 4) is 17.2 Å². The normalized spacial score (nSPS) is 10.7. The van der Waals surface area contributed by atoms with Crippen LogP contribution in [0.3, 0.4) is 0 Å². The molecule has 0 bridgehead atoms. The Morgan fingerprint density at radius 1 is 0.893 bits per heavy atom. The Bertz CT molecular complexity index is 1100. The molecule has 0 atom stereocenters. The van der Waals surface area contributed by atoms with Gasteiger partial charge in [-0.25, -0.2) is 0 Å². The third-order valence-corrected chi connectivity index (χ3v) is 4.24. The highest BCUT2D eigenvalue weighted by Gasteiger charge is 2.08. The summed E-state index contributed by atoms with van der Waals surface area (Å²) in [6, 6.07) is 22.6. The number of furan rings is 1. The van der Waals surface area contributed by atoms with E-state index in [4.69, 9.17) is 13.9 Å². The first-order valence-corrected chi connectivity index (χ1v) is 8.82.